The number of benzene rings is 3. The van der Waals surface area contributed by atoms with Crippen LogP contribution in [0.5, 0.6) is 11.5 Å². The molecule has 0 fully saturated rings. The van der Waals surface area contributed by atoms with Crippen molar-refractivity contribution in [2.75, 3.05) is 30.9 Å². The van der Waals surface area contributed by atoms with Gasteiger partial charge in [0.25, 0.3) is 15.9 Å². The Kier molecular flexibility index (Phi) is 6.21. The minimum atomic E-state index is -3.76. The number of fused-ring (bicyclic) bond motifs is 1. The third-order valence-corrected chi connectivity index (χ3v) is 7.74. The van der Waals surface area contributed by atoms with Gasteiger partial charge in [-0.15, -0.1) is 0 Å². The molecule has 0 unspecified atom stereocenters. The van der Waals surface area contributed by atoms with Gasteiger partial charge in [-0.1, -0.05) is 29.5 Å². The molecule has 1 aromatic heterocycles. The normalized spacial score (nSPS) is 11.2. The number of anilines is 2. The Morgan fingerprint density at radius 3 is 2.24 bits per heavy atom. The van der Waals surface area contributed by atoms with Gasteiger partial charge in [-0.05, 0) is 36.4 Å². The van der Waals surface area contributed by atoms with Gasteiger partial charge in [-0.2, -0.15) is 0 Å². The molecule has 0 saturated heterocycles. The number of methoxy groups -OCH3 is 2. The van der Waals surface area contributed by atoms with Gasteiger partial charge in [0.15, 0.2) is 16.6 Å². The van der Waals surface area contributed by atoms with Crippen LogP contribution in [-0.2, 0) is 10.0 Å². The molecule has 10 heteroatoms. The smallest absolute Gasteiger partial charge is 0.264 e. The predicted octanol–water partition coefficient (Wildman–Crippen LogP) is 4.39. The summed E-state index contributed by atoms with van der Waals surface area (Å²) in [5, 5.41) is 3.16. The number of ether oxygens (including phenoxy) is 2. The van der Waals surface area contributed by atoms with Crippen LogP contribution >= 0.6 is 11.3 Å². The lowest BCUT2D eigenvalue weighted by atomic mass is 10.2. The number of carbonyl (C=O) groups excluding carboxylic acids is 1. The maximum absolute atomic E-state index is 12.9. The topological polar surface area (TPSA) is 97.8 Å². The molecule has 0 atom stereocenters. The second kappa shape index (κ2) is 9.08. The van der Waals surface area contributed by atoms with Crippen molar-refractivity contribution >= 4 is 48.3 Å². The van der Waals surface area contributed by atoms with Gasteiger partial charge in [-0.3, -0.25) is 14.4 Å². The Morgan fingerprint density at radius 1 is 0.970 bits per heavy atom. The summed E-state index contributed by atoms with van der Waals surface area (Å²) >= 11 is 1.30. The lowest BCUT2D eigenvalue weighted by molar-refractivity contribution is 0.102. The lowest BCUT2D eigenvalue weighted by Gasteiger charge is -2.19. The van der Waals surface area contributed by atoms with E-state index in [2.05, 4.69) is 10.3 Å². The number of nitrogens with one attached hydrogen (secondary N) is 1. The first kappa shape index (κ1) is 22.6. The number of carbonyl (C=O) groups is 1. The molecule has 0 radical (unpaired) electrons. The molecule has 0 spiro atoms. The van der Waals surface area contributed by atoms with Gasteiger partial charge in [0.05, 0.1) is 35.0 Å². The average molecular weight is 484 g/mol. The summed E-state index contributed by atoms with van der Waals surface area (Å²) < 4.78 is 38.4. The van der Waals surface area contributed by atoms with Crippen LogP contribution in [0.4, 0.5) is 10.8 Å². The van der Waals surface area contributed by atoms with Gasteiger partial charge >= 0.3 is 0 Å². The first-order valence-electron chi connectivity index (χ1n) is 9.81. The molecule has 0 saturated carbocycles. The minimum Gasteiger partial charge on any atom is -0.493 e. The summed E-state index contributed by atoms with van der Waals surface area (Å²) in [5.74, 6) is 0.725. The summed E-state index contributed by atoms with van der Waals surface area (Å²) in [7, 11) is 0.824. The second-order valence-corrected chi connectivity index (χ2v) is 9.98. The van der Waals surface area contributed by atoms with Crippen molar-refractivity contribution in [2.24, 2.45) is 0 Å². The number of nitrogens with zero attached hydrogens (tertiary/aromatic N) is 2. The Labute approximate surface area is 195 Å². The highest BCUT2D eigenvalue weighted by Gasteiger charge is 2.22. The second-order valence-electron chi connectivity index (χ2n) is 6.98. The molecule has 33 heavy (non-hydrogen) atoms. The summed E-state index contributed by atoms with van der Waals surface area (Å²) in [4.78, 5) is 17.2. The third kappa shape index (κ3) is 4.48. The summed E-state index contributed by atoms with van der Waals surface area (Å²) in [6, 6.07) is 18.1. The Balaban J connectivity index is 1.53. The molecule has 0 aliphatic carbocycles. The van der Waals surface area contributed by atoms with Gasteiger partial charge in [0, 0.05) is 24.7 Å². The number of amides is 1. The van der Waals surface area contributed by atoms with Crippen LogP contribution in [0.2, 0.25) is 0 Å². The zero-order valence-electron chi connectivity index (χ0n) is 18.1. The SMILES string of the molecule is COc1cc2nc(NC(=O)c3ccc(S(=O)(=O)N(C)c4ccccc4)cc3)sc2cc1OC. The van der Waals surface area contributed by atoms with E-state index in [1.807, 2.05) is 6.07 Å². The van der Waals surface area contributed by atoms with Crippen LogP contribution in [-0.4, -0.2) is 40.6 Å². The van der Waals surface area contributed by atoms with Gasteiger partial charge in [-0.25, -0.2) is 13.4 Å². The van der Waals surface area contributed by atoms with E-state index in [-0.39, 0.29) is 4.90 Å². The van der Waals surface area contributed by atoms with Gasteiger partial charge in [0.1, 0.15) is 0 Å². The minimum absolute atomic E-state index is 0.0876. The van der Waals surface area contributed by atoms with E-state index in [0.29, 0.717) is 33.4 Å². The fraction of sp³-hybridized carbons (Fsp3) is 0.130. The molecule has 3 aromatic carbocycles. The largest absolute Gasteiger partial charge is 0.493 e. The molecule has 1 heterocycles. The van der Waals surface area contributed by atoms with Crippen LogP contribution in [0.1, 0.15) is 10.4 Å². The maximum Gasteiger partial charge on any atom is 0.264 e. The molecule has 1 N–H and O–H groups in total. The molecule has 0 bridgehead atoms. The zero-order valence-corrected chi connectivity index (χ0v) is 19.7. The van der Waals surface area contributed by atoms with Crippen LogP contribution in [0.3, 0.4) is 0 Å². The fourth-order valence-electron chi connectivity index (χ4n) is 3.19. The Morgan fingerprint density at radius 2 is 1.61 bits per heavy atom. The highest BCUT2D eigenvalue weighted by Crippen LogP contribution is 2.36. The number of hydrogen-bond donors (Lipinski definition) is 1. The lowest BCUT2D eigenvalue weighted by Crippen LogP contribution is -2.26. The highest BCUT2D eigenvalue weighted by molar-refractivity contribution is 7.92. The van der Waals surface area contributed by atoms with Crippen molar-refractivity contribution in [3.05, 3.63) is 72.3 Å². The van der Waals surface area contributed by atoms with E-state index in [1.54, 1.807) is 50.6 Å². The standard InChI is InChI=1S/C23H21N3O5S2/c1-26(16-7-5-4-6-8-16)33(28,29)17-11-9-15(10-12-17)22(27)25-23-24-18-13-19(30-2)20(31-3)14-21(18)32-23/h4-14H,1-3H3,(H,24,25,27). The zero-order chi connectivity index (χ0) is 23.6. The Bertz CT molecular complexity index is 1360. The van der Waals surface area contributed by atoms with Crippen molar-refractivity contribution in [1.29, 1.82) is 0 Å². The highest BCUT2D eigenvalue weighted by atomic mass is 32.2. The molecule has 0 aliphatic heterocycles. The number of aromatic nitrogens is 1. The quantitative estimate of drug-likeness (QED) is 0.419. The maximum atomic E-state index is 12.9. The van der Waals surface area contributed by atoms with E-state index in [0.717, 1.165) is 4.70 Å². The van der Waals surface area contributed by atoms with Crippen molar-refractivity contribution < 1.29 is 22.7 Å². The number of hydrogen-bond acceptors (Lipinski definition) is 7. The van der Waals surface area contributed by atoms with Gasteiger partial charge < -0.3 is 9.47 Å². The van der Waals surface area contributed by atoms with Crippen LogP contribution in [0.15, 0.2) is 71.6 Å². The number of para-hydroxylation sites is 1. The van der Waals surface area contributed by atoms with Crippen molar-refractivity contribution in [3.8, 4) is 11.5 Å². The number of thiazole rings is 1. The van der Waals surface area contributed by atoms with E-state index in [4.69, 9.17) is 9.47 Å². The molecule has 1 amide bonds. The van der Waals surface area contributed by atoms with E-state index < -0.39 is 15.9 Å². The van der Waals surface area contributed by atoms with Gasteiger partial charge in [0.2, 0.25) is 0 Å². The monoisotopic (exact) mass is 483 g/mol. The molecule has 8 nitrogen and oxygen atoms in total. The summed E-state index contributed by atoms with van der Waals surface area (Å²) in [6.07, 6.45) is 0. The number of sulfonamides is 1. The van der Waals surface area contributed by atoms with Crippen LogP contribution < -0.4 is 19.1 Å². The molecular weight excluding hydrogens is 462 g/mol. The first-order valence-corrected chi connectivity index (χ1v) is 12.1. The molecule has 4 rings (SSSR count). The first-order chi connectivity index (χ1) is 15.8. The molecule has 4 aromatic rings. The summed E-state index contributed by atoms with van der Waals surface area (Å²) in [5.41, 5.74) is 1.52. The van der Waals surface area contributed by atoms with E-state index in [9.17, 15) is 13.2 Å². The predicted molar refractivity (Wildman–Crippen MR) is 129 cm³/mol. The third-order valence-electron chi connectivity index (χ3n) is 5.01. The average Bonchev–Trinajstić information content (AvgIpc) is 3.24. The van der Waals surface area contributed by atoms with Crippen molar-refractivity contribution in [2.45, 2.75) is 4.90 Å². The van der Waals surface area contributed by atoms with Crippen LogP contribution in [0, 0.1) is 0 Å². The van der Waals surface area contributed by atoms with Crippen LogP contribution in [0.25, 0.3) is 10.2 Å². The molecular formula is C23H21N3O5S2. The number of rotatable bonds is 7. The van der Waals surface area contributed by atoms with Crippen molar-refractivity contribution in [1.82, 2.24) is 4.98 Å². The molecule has 0 aliphatic rings. The molecule has 170 valence electrons. The van der Waals surface area contributed by atoms with E-state index in [1.165, 1.54) is 47.0 Å². The summed E-state index contributed by atoms with van der Waals surface area (Å²) in [6.45, 7) is 0. The van der Waals surface area contributed by atoms with Crippen molar-refractivity contribution in [3.63, 3.8) is 0 Å². The van der Waals surface area contributed by atoms with E-state index >= 15 is 0 Å². The fourth-order valence-corrected chi connectivity index (χ4v) is 5.26. The Hall–Kier alpha value is -3.63.